The summed E-state index contributed by atoms with van der Waals surface area (Å²) in [5, 5.41) is 2.91. The molecule has 3 heterocycles. The van der Waals surface area contributed by atoms with E-state index in [-0.39, 0.29) is 12.1 Å². The van der Waals surface area contributed by atoms with Crippen molar-refractivity contribution in [2.45, 2.75) is 31.8 Å². The fourth-order valence-corrected chi connectivity index (χ4v) is 3.28. The number of anilines is 2. The minimum atomic E-state index is -0.0553. The Morgan fingerprint density at radius 1 is 1.32 bits per heavy atom. The van der Waals surface area contributed by atoms with Gasteiger partial charge in [-0.05, 0) is 26.3 Å². The first kappa shape index (κ1) is 15.0. The van der Waals surface area contributed by atoms with Crippen molar-refractivity contribution in [3.8, 4) is 0 Å². The van der Waals surface area contributed by atoms with E-state index >= 15 is 0 Å². The summed E-state index contributed by atoms with van der Waals surface area (Å²) in [7, 11) is 3.77. The molecule has 1 aromatic heterocycles. The maximum absolute atomic E-state index is 12.5. The zero-order valence-electron chi connectivity index (χ0n) is 13.5. The zero-order valence-corrected chi connectivity index (χ0v) is 13.5. The van der Waals surface area contributed by atoms with Crippen molar-refractivity contribution in [3.05, 3.63) is 12.4 Å². The molecular formula is C15H24N6O. The van der Waals surface area contributed by atoms with Gasteiger partial charge >= 0.3 is 6.03 Å². The highest BCUT2D eigenvalue weighted by atomic mass is 16.2. The summed E-state index contributed by atoms with van der Waals surface area (Å²) in [6.07, 6.45) is 5.73. The van der Waals surface area contributed by atoms with Crippen molar-refractivity contribution >= 4 is 17.7 Å². The molecule has 0 radical (unpaired) electrons. The molecule has 3 rings (SSSR count). The average molecular weight is 304 g/mol. The highest BCUT2D eigenvalue weighted by molar-refractivity contribution is 5.89. The lowest BCUT2D eigenvalue weighted by atomic mass is 10.1. The molecule has 7 nitrogen and oxygen atoms in total. The summed E-state index contributed by atoms with van der Waals surface area (Å²) in [6.45, 7) is 5.06. The second-order valence-corrected chi connectivity index (χ2v) is 6.39. The second kappa shape index (κ2) is 6.08. The molecule has 2 aliphatic rings. The van der Waals surface area contributed by atoms with Gasteiger partial charge < -0.3 is 15.1 Å². The van der Waals surface area contributed by atoms with Crippen molar-refractivity contribution in [2.24, 2.45) is 0 Å². The number of hydrogen-bond acceptors (Lipinski definition) is 5. The Balaban J connectivity index is 1.63. The van der Waals surface area contributed by atoms with Gasteiger partial charge in [-0.3, -0.25) is 4.90 Å². The smallest absolute Gasteiger partial charge is 0.322 e. The molecule has 0 saturated carbocycles. The Bertz CT molecular complexity index is 531. The summed E-state index contributed by atoms with van der Waals surface area (Å²) >= 11 is 0. The molecule has 0 aromatic carbocycles. The molecule has 0 aliphatic carbocycles. The van der Waals surface area contributed by atoms with Crippen LogP contribution in [0.15, 0.2) is 12.4 Å². The van der Waals surface area contributed by atoms with Crippen LogP contribution in [-0.4, -0.2) is 71.6 Å². The van der Waals surface area contributed by atoms with E-state index in [4.69, 9.17) is 0 Å². The number of rotatable bonds is 2. The number of carbonyl (C=O) groups is 1. The minimum absolute atomic E-state index is 0.0553. The van der Waals surface area contributed by atoms with Crippen molar-refractivity contribution in [2.75, 3.05) is 43.9 Å². The summed E-state index contributed by atoms with van der Waals surface area (Å²) in [4.78, 5) is 27.2. The fraction of sp³-hybridized carbons (Fsp3) is 0.667. The largest absolute Gasteiger partial charge is 0.347 e. The molecule has 120 valence electrons. The Labute approximate surface area is 131 Å². The molecule has 2 amide bonds. The standard InChI is InChI=1S/C15H24N6O/c1-11-9-20-6-4-5-13(20)10-21(11)15(22)18-12-7-16-14(17-8-12)19(2)3/h7-8,11,13H,4-6,9-10H2,1-3H3,(H,18,22)/t11-,13+/m1/s1. The number of amides is 2. The van der Waals surface area contributed by atoms with E-state index in [1.54, 1.807) is 12.4 Å². The first-order valence-corrected chi connectivity index (χ1v) is 7.85. The second-order valence-electron chi connectivity index (χ2n) is 6.39. The minimum Gasteiger partial charge on any atom is -0.347 e. The van der Waals surface area contributed by atoms with E-state index in [1.807, 2.05) is 23.9 Å². The van der Waals surface area contributed by atoms with Crippen molar-refractivity contribution in [1.82, 2.24) is 19.8 Å². The van der Waals surface area contributed by atoms with Crippen LogP contribution in [-0.2, 0) is 0 Å². The molecule has 2 fully saturated rings. The van der Waals surface area contributed by atoms with Gasteiger partial charge in [-0.25, -0.2) is 14.8 Å². The number of nitrogens with zero attached hydrogens (tertiary/aromatic N) is 5. The van der Waals surface area contributed by atoms with E-state index in [0.29, 0.717) is 17.7 Å². The van der Waals surface area contributed by atoms with E-state index in [1.165, 1.54) is 19.4 Å². The summed E-state index contributed by atoms with van der Waals surface area (Å²) < 4.78 is 0. The van der Waals surface area contributed by atoms with Crippen LogP contribution in [0.4, 0.5) is 16.4 Å². The number of carbonyl (C=O) groups excluding carboxylic acids is 1. The number of fused-ring (bicyclic) bond motifs is 1. The highest BCUT2D eigenvalue weighted by Crippen LogP contribution is 2.25. The molecule has 0 unspecified atom stereocenters. The number of piperazine rings is 1. The predicted octanol–water partition coefficient (Wildman–Crippen LogP) is 1.24. The summed E-state index contributed by atoms with van der Waals surface area (Å²) in [5.41, 5.74) is 0.636. The molecule has 2 aliphatic heterocycles. The number of nitrogens with one attached hydrogen (secondary N) is 1. The van der Waals surface area contributed by atoms with Crippen LogP contribution >= 0.6 is 0 Å². The first-order valence-electron chi connectivity index (χ1n) is 7.85. The van der Waals surface area contributed by atoms with E-state index in [2.05, 4.69) is 27.1 Å². The van der Waals surface area contributed by atoms with E-state index in [9.17, 15) is 4.79 Å². The summed E-state index contributed by atoms with van der Waals surface area (Å²) in [5.74, 6) is 0.630. The van der Waals surface area contributed by atoms with Gasteiger partial charge in [-0.2, -0.15) is 0 Å². The average Bonchev–Trinajstić information content (AvgIpc) is 2.94. The van der Waals surface area contributed by atoms with Crippen LogP contribution in [0.3, 0.4) is 0 Å². The fourth-order valence-electron chi connectivity index (χ4n) is 3.28. The van der Waals surface area contributed by atoms with Crippen LogP contribution in [0.5, 0.6) is 0 Å². The monoisotopic (exact) mass is 304 g/mol. The van der Waals surface area contributed by atoms with Gasteiger partial charge in [0.05, 0.1) is 18.1 Å². The Hall–Kier alpha value is -1.89. The number of aromatic nitrogens is 2. The maximum Gasteiger partial charge on any atom is 0.322 e. The van der Waals surface area contributed by atoms with Crippen LogP contribution in [0, 0.1) is 0 Å². The maximum atomic E-state index is 12.5. The molecule has 7 heteroatoms. The van der Waals surface area contributed by atoms with Gasteiger partial charge in [-0.1, -0.05) is 0 Å². The predicted molar refractivity (Wildman–Crippen MR) is 86.1 cm³/mol. The Morgan fingerprint density at radius 3 is 2.73 bits per heavy atom. The Morgan fingerprint density at radius 2 is 2.05 bits per heavy atom. The van der Waals surface area contributed by atoms with Gasteiger partial charge in [-0.15, -0.1) is 0 Å². The third kappa shape index (κ3) is 2.99. The molecule has 0 spiro atoms. The Kier molecular flexibility index (Phi) is 4.15. The lowest BCUT2D eigenvalue weighted by Crippen LogP contribution is -2.57. The van der Waals surface area contributed by atoms with Crippen molar-refractivity contribution in [1.29, 1.82) is 0 Å². The third-order valence-corrected chi connectivity index (χ3v) is 4.49. The van der Waals surface area contributed by atoms with Crippen LogP contribution < -0.4 is 10.2 Å². The molecule has 0 bridgehead atoms. The van der Waals surface area contributed by atoms with Gasteiger partial charge in [0.15, 0.2) is 0 Å². The molecule has 2 atom stereocenters. The van der Waals surface area contributed by atoms with Crippen molar-refractivity contribution in [3.63, 3.8) is 0 Å². The van der Waals surface area contributed by atoms with Crippen LogP contribution in [0.2, 0.25) is 0 Å². The van der Waals surface area contributed by atoms with Gasteiger partial charge in [0.25, 0.3) is 0 Å². The molecule has 22 heavy (non-hydrogen) atoms. The zero-order chi connectivity index (χ0) is 15.7. The number of hydrogen-bond donors (Lipinski definition) is 1. The van der Waals surface area contributed by atoms with Crippen LogP contribution in [0.1, 0.15) is 19.8 Å². The molecule has 1 aromatic rings. The van der Waals surface area contributed by atoms with E-state index < -0.39 is 0 Å². The number of urea groups is 1. The summed E-state index contributed by atoms with van der Waals surface area (Å²) in [6, 6.07) is 0.700. The topological polar surface area (TPSA) is 64.6 Å². The SMILES string of the molecule is C[C@@H]1CN2CCC[C@H]2CN1C(=O)Nc1cnc(N(C)C)nc1. The first-order chi connectivity index (χ1) is 10.5. The van der Waals surface area contributed by atoms with Gasteiger partial charge in [0, 0.05) is 39.3 Å². The van der Waals surface area contributed by atoms with Crippen molar-refractivity contribution < 1.29 is 4.79 Å². The molecule has 1 N–H and O–H groups in total. The van der Waals surface area contributed by atoms with E-state index in [0.717, 1.165) is 13.1 Å². The molecular weight excluding hydrogens is 280 g/mol. The molecule has 2 saturated heterocycles. The normalized spacial score (nSPS) is 25.0. The third-order valence-electron chi connectivity index (χ3n) is 4.49. The lowest BCUT2D eigenvalue weighted by molar-refractivity contribution is 0.0861. The van der Waals surface area contributed by atoms with Gasteiger partial charge in [0.2, 0.25) is 5.95 Å². The highest BCUT2D eigenvalue weighted by Gasteiger charge is 2.36. The quantitative estimate of drug-likeness (QED) is 0.890. The lowest BCUT2D eigenvalue weighted by Gasteiger charge is -2.42. The van der Waals surface area contributed by atoms with Crippen LogP contribution in [0.25, 0.3) is 0 Å². The van der Waals surface area contributed by atoms with Gasteiger partial charge in [0.1, 0.15) is 0 Å².